The van der Waals surface area contributed by atoms with Gasteiger partial charge in [0.25, 0.3) is 0 Å². The molecule has 1 aromatic rings. The lowest BCUT2D eigenvalue weighted by Gasteiger charge is -2.19. The Kier molecular flexibility index (Phi) is 4.63. The highest BCUT2D eigenvalue weighted by atomic mass is 19.1. The molecule has 0 aromatic heterocycles. The molecule has 1 heterocycles. The van der Waals surface area contributed by atoms with Gasteiger partial charge < -0.3 is 5.32 Å². The van der Waals surface area contributed by atoms with E-state index in [0.29, 0.717) is 5.56 Å². The quantitative estimate of drug-likeness (QED) is 0.701. The SMILES string of the molecule is CCCNCC1CNNC1c1ccc(F)cc1F. The summed E-state index contributed by atoms with van der Waals surface area (Å²) in [5, 5.41) is 3.33. The summed E-state index contributed by atoms with van der Waals surface area (Å²) >= 11 is 0. The molecule has 0 aliphatic carbocycles. The monoisotopic (exact) mass is 255 g/mol. The van der Waals surface area contributed by atoms with Crippen LogP contribution >= 0.6 is 0 Å². The summed E-state index contributed by atoms with van der Waals surface area (Å²) in [7, 11) is 0. The minimum atomic E-state index is -0.539. The van der Waals surface area contributed by atoms with Crippen molar-refractivity contribution in [2.75, 3.05) is 19.6 Å². The molecule has 0 saturated carbocycles. The maximum absolute atomic E-state index is 13.7. The van der Waals surface area contributed by atoms with Crippen molar-refractivity contribution in [3.63, 3.8) is 0 Å². The van der Waals surface area contributed by atoms with Crippen LogP contribution in [0.3, 0.4) is 0 Å². The first-order chi connectivity index (χ1) is 8.72. The van der Waals surface area contributed by atoms with Crippen molar-refractivity contribution in [1.82, 2.24) is 16.2 Å². The van der Waals surface area contributed by atoms with Gasteiger partial charge in [-0.15, -0.1) is 0 Å². The summed E-state index contributed by atoms with van der Waals surface area (Å²) in [4.78, 5) is 0. The Balaban J connectivity index is 2.06. The molecule has 1 saturated heterocycles. The van der Waals surface area contributed by atoms with Crippen molar-refractivity contribution in [2.24, 2.45) is 5.92 Å². The molecule has 1 aliphatic heterocycles. The minimum absolute atomic E-state index is 0.116. The molecule has 2 unspecified atom stereocenters. The molecule has 1 aliphatic rings. The van der Waals surface area contributed by atoms with Crippen molar-refractivity contribution in [3.05, 3.63) is 35.4 Å². The molecule has 2 atom stereocenters. The number of hydrogen-bond acceptors (Lipinski definition) is 3. The van der Waals surface area contributed by atoms with Gasteiger partial charge in [0.1, 0.15) is 11.6 Å². The van der Waals surface area contributed by atoms with Gasteiger partial charge in [-0.25, -0.2) is 14.2 Å². The Morgan fingerprint density at radius 1 is 1.39 bits per heavy atom. The van der Waals surface area contributed by atoms with Gasteiger partial charge in [0.15, 0.2) is 0 Å². The van der Waals surface area contributed by atoms with Gasteiger partial charge >= 0.3 is 0 Å². The Bertz CT molecular complexity index is 398. The van der Waals surface area contributed by atoms with Crippen LogP contribution in [0.1, 0.15) is 24.9 Å². The number of benzene rings is 1. The fourth-order valence-corrected chi connectivity index (χ4v) is 2.28. The highest BCUT2D eigenvalue weighted by Gasteiger charge is 2.29. The summed E-state index contributed by atoms with van der Waals surface area (Å²) < 4.78 is 26.6. The Labute approximate surface area is 106 Å². The fraction of sp³-hybridized carbons (Fsp3) is 0.538. The van der Waals surface area contributed by atoms with E-state index in [1.807, 2.05) is 0 Å². The first kappa shape index (κ1) is 13.4. The van der Waals surface area contributed by atoms with Gasteiger partial charge in [-0.1, -0.05) is 13.0 Å². The van der Waals surface area contributed by atoms with E-state index >= 15 is 0 Å². The number of hydrazine groups is 1. The molecule has 5 heteroatoms. The van der Waals surface area contributed by atoms with Crippen molar-refractivity contribution < 1.29 is 8.78 Å². The third kappa shape index (κ3) is 3.04. The number of nitrogens with one attached hydrogen (secondary N) is 3. The van der Waals surface area contributed by atoms with Crippen LogP contribution in [0.4, 0.5) is 8.78 Å². The molecule has 100 valence electrons. The molecule has 0 radical (unpaired) electrons. The second-order valence-corrected chi connectivity index (χ2v) is 4.63. The van der Waals surface area contributed by atoms with E-state index in [1.165, 1.54) is 12.1 Å². The van der Waals surface area contributed by atoms with E-state index < -0.39 is 11.6 Å². The molecule has 3 N–H and O–H groups in total. The van der Waals surface area contributed by atoms with Crippen LogP contribution < -0.4 is 16.2 Å². The Morgan fingerprint density at radius 3 is 2.94 bits per heavy atom. The Morgan fingerprint density at radius 2 is 2.22 bits per heavy atom. The lowest BCUT2D eigenvalue weighted by molar-refractivity contribution is 0.425. The van der Waals surface area contributed by atoms with Crippen LogP contribution in [0.5, 0.6) is 0 Å². The molecular weight excluding hydrogens is 236 g/mol. The molecule has 2 rings (SSSR count). The maximum atomic E-state index is 13.7. The lowest BCUT2D eigenvalue weighted by atomic mass is 9.94. The van der Waals surface area contributed by atoms with Gasteiger partial charge in [0, 0.05) is 30.6 Å². The zero-order chi connectivity index (χ0) is 13.0. The van der Waals surface area contributed by atoms with Crippen molar-refractivity contribution in [2.45, 2.75) is 19.4 Å². The smallest absolute Gasteiger partial charge is 0.130 e. The summed E-state index contributed by atoms with van der Waals surface area (Å²) in [6.07, 6.45) is 1.07. The molecule has 0 spiro atoms. The van der Waals surface area contributed by atoms with Gasteiger partial charge in [-0.05, 0) is 19.0 Å². The predicted octanol–water partition coefficient (Wildman–Crippen LogP) is 1.73. The molecule has 1 aromatic carbocycles. The van der Waals surface area contributed by atoms with Crippen molar-refractivity contribution in [3.8, 4) is 0 Å². The van der Waals surface area contributed by atoms with Crippen molar-refractivity contribution >= 4 is 0 Å². The summed E-state index contributed by atoms with van der Waals surface area (Å²) in [5.41, 5.74) is 6.62. The second-order valence-electron chi connectivity index (χ2n) is 4.63. The average molecular weight is 255 g/mol. The molecule has 0 amide bonds. The molecule has 0 bridgehead atoms. The van der Waals surface area contributed by atoms with Gasteiger partial charge in [-0.3, -0.25) is 5.43 Å². The Hall–Kier alpha value is -1.04. The van der Waals surface area contributed by atoms with Crippen LogP contribution in [0.2, 0.25) is 0 Å². The van der Waals surface area contributed by atoms with Gasteiger partial charge in [0.05, 0.1) is 6.04 Å². The molecule has 3 nitrogen and oxygen atoms in total. The number of hydrogen-bond donors (Lipinski definition) is 3. The topological polar surface area (TPSA) is 36.1 Å². The van der Waals surface area contributed by atoms with Crippen LogP contribution in [0, 0.1) is 17.6 Å². The zero-order valence-corrected chi connectivity index (χ0v) is 10.5. The minimum Gasteiger partial charge on any atom is -0.316 e. The van der Waals surface area contributed by atoms with Crippen LogP contribution in [-0.4, -0.2) is 19.6 Å². The first-order valence-electron chi connectivity index (χ1n) is 6.36. The lowest BCUT2D eigenvalue weighted by Crippen LogP contribution is -2.29. The van der Waals surface area contributed by atoms with Gasteiger partial charge in [-0.2, -0.15) is 0 Å². The number of rotatable bonds is 5. The average Bonchev–Trinajstić information content (AvgIpc) is 2.78. The van der Waals surface area contributed by atoms with Crippen molar-refractivity contribution in [1.29, 1.82) is 0 Å². The largest absolute Gasteiger partial charge is 0.316 e. The fourth-order valence-electron chi connectivity index (χ4n) is 2.28. The zero-order valence-electron chi connectivity index (χ0n) is 10.5. The molecule has 1 fully saturated rings. The normalized spacial score (nSPS) is 23.5. The van der Waals surface area contributed by atoms with Crippen LogP contribution in [0.15, 0.2) is 18.2 Å². The third-order valence-electron chi connectivity index (χ3n) is 3.22. The summed E-state index contributed by atoms with van der Waals surface area (Å²) in [6.45, 7) is 4.65. The van der Waals surface area contributed by atoms with E-state index in [9.17, 15) is 8.78 Å². The van der Waals surface area contributed by atoms with E-state index in [2.05, 4.69) is 23.1 Å². The second kappa shape index (κ2) is 6.22. The van der Waals surface area contributed by atoms with E-state index in [1.54, 1.807) is 0 Å². The van der Waals surface area contributed by atoms with E-state index in [-0.39, 0.29) is 12.0 Å². The van der Waals surface area contributed by atoms with E-state index in [0.717, 1.165) is 32.1 Å². The molecular formula is C13H19F2N3. The third-order valence-corrected chi connectivity index (χ3v) is 3.22. The number of halogens is 2. The highest BCUT2D eigenvalue weighted by Crippen LogP contribution is 2.26. The highest BCUT2D eigenvalue weighted by molar-refractivity contribution is 5.23. The summed E-state index contributed by atoms with van der Waals surface area (Å²) in [5.74, 6) is -0.768. The standard InChI is InChI=1S/C13H19F2N3/c1-2-5-16-7-9-8-17-18-13(9)11-4-3-10(14)6-12(11)15/h3-4,6,9,13,16-18H,2,5,7-8H2,1H3. The predicted molar refractivity (Wildman–Crippen MR) is 66.9 cm³/mol. The molecule has 18 heavy (non-hydrogen) atoms. The van der Waals surface area contributed by atoms with E-state index in [4.69, 9.17) is 0 Å². The van der Waals surface area contributed by atoms with Crippen LogP contribution in [0.25, 0.3) is 0 Å². The maximum Gasteiger partial charge on any atom is 0.130 e. The first-order valence-corrected chi connectivity index (χ1v) is 6.36. The summed E-state index contributed by atoms with van der Waals surface area (Å²) in [6, 6.07) is 3.64. The van der Waals surface area contributed by atoms with Gasteiger partial charge in [0.2, 0.25) is 0 Å². The van der Waals surface area contributed by atoms with Crippen LogP contribution in [-0.2, 0) is 0 Å².